The third-order valence-corrected chi connectivity index (χ3v) is 4.91. The number of hydrogen-bond donors (Lipinski definition) is 2. The Morgan fingerprint density at radius 1 is 1.28 bits per heavy atom. The second kappa shape index (κ2) is 6.20. The number of imidazole rings is 1. The number of nitrogens with one attached hydrogen (secondary N) is 2. The zero-order valence-electron chi connectivity index (χ0n) is 14.1. The van der Waals surface area contributed by atoms with Gasteiger partial charge in [0.2, 0.25) is 0 Å². The van der Waals surface area contributed by atoms with Crippen LogP contribution in [-0.2, 0) is 0 Å². The smallest absolute Gasteiger partial charge is 0.306 e. The van der Waals surface area contributed by atoms with Gasteiger partial charge in [-0.1, -0.05) is 18.9 Å². The number of aryl methyl sites for hydroxylation is 1. The van der Waals surface area contributed by atoms with E-state index in [-0.39, 0.29) is 17.6 Å². The van der Waals surface area contributed by atoms with Crippen molar-refractivity contribution in [3.05, 3.63) is 58.1 Å². The highest BCUT2D eigenvalue weighted by atomic mass is 16.2. The van der Waals surface area contributed by atoms with Crippen molar-refractivity contribution < 1.29 is 4.79 Å². The molecule has 0 bridgehead atoms. The summed E-state index contributed by atoms with van der Waals surface area (Å²) in [6, 6.07) is 9.33. The van der Waals surface area contributed by atoms with Crippen molar-refractivity contribution in [3.63, 3.8) is 0 Å². The third-order valence-electron chi connectivity index (χ3n) is 4.91. The number of nitrogens with zero attached hydrogens (tertiary/aromatic N) is 2. The fourth-order valence-corrected chi connectivity index (χ4v) is 3.59. The Balaban J connectivity index is 1.66. The Hall–Kier alpha value is -2.89. The molecule has 2 N–H and O–H groups in total. The van der Waals surface area contributed by atoms with Crippen LogP contribution in [0.4, 0.5) is 5.82 Å². The number of fused-ring (bicyclic) bond motifs is 1. The molecule has 0 radical (unpaired) electrons. The van der Waals surface area contributed by atoms with Crippen molar-refractivity contribution in [2.75, 3.05) is 5.32 Å². The first-order valence-electron chi connectivity index (χ1n) is 8.61. The van der Waals surface area contributed by atoms with Crippen LogP contribution in [0.2, 0.25) is 0 Å². The summed E-state index contributed by atoms with van der Waals surface area (Å²) < 4.78 is 1.84. The average Bonchev–Trinajstić information content (AvgIpc) is 3.22. The second-order valence-electron chi connectivity index (χ2n) is 6.59. The maximum absolute atomic E-state index is 12.5. The minimum Gasteiger partial charge on any atom is -0.306 e. The van der Waals surface area contributed by atoms with E-state index >= 15 is 0 Å². The Labute approximate surface area is 144 Å². The van der Waals surface area contributed by atoms with Crippen LogP contribution in [0.15, 0.2) is 41.3 Å². The fraction of sp³-hybridized carbons (Fsp3) is 0.316. The fourth-order valence-electron chi connectivity index (χ4n) is 3.59. The number of benzene rings is 1. The van der Waals surface area contributed by atoms with Crippen molar-refractivity contribution >= 4 is 22.8 Å². The molecule has 2 aromatic heterocycles. The lowest BCUT2D eigenvalue weighted by Gasteiger charge is -2.11. The number of pyridine rings is 1. The Morgan fingerprint density at radius 2 is 2.08 bits per heavy atom. The molecule has 0 aliphatic heterocycles. The number of hydrogen-bond acceptors (Lipinski definition) is 3. The van der Waals surface area contributed by atoms with Gasteiger partial charge in [-0.2, -0.15) is 0 Å². The highest BCUT2D eigenvalue weighted by Gasteiger charge is 2.21. The van der Waals surface area contributed by atoms with Crippen LogP contribution in [0.5, 0.6) is 0 Å². The van der Waals surface area contributed by atoms with E-state index in [0.717, 1.165) is 36.8 Å². The molecule has 1 amide bonds. The minimum absolute atomic E-state index is 0.0972. The highest BCUT2D eigenvalue weighted by Crippen LogP contribution is 2.30. The number of anilines is 1. The van der Waals surface area contributed by atoms with Crippen LogP contribution in [-0.4, -0.2) is 20.4 Å². The molecule has 0 unspecified atom stereocenters. The van der Waals surface area contributed by atoms with Crippen molar-refractivity contribution in [2.24, 2.45) is 0 Å². The lowest BCUT2D eigenvalue weighted by Crippen LogP contribution is -2.20. The molecular weight excluding hydrogens is 316 g/mol. The molecule has 1 aliphatic rings. The zero-order chi connectivity index (χ0) is 17.4. The maximum atomic E-state index is 12.5. The van der Waals surface area contributed by atoms with Gasteiger partial charge in [0.15, 0.2) is 0 Å². The van der Waals surface area contributed by atoms with E-state index in [2.05, 4.69) is 15.3 Å². The van der Waals surface area contributed by atoms with Crippen molar-refractivity contribution in [1.29, 1.82) is 0 Å². The number of aromatic amines is 1. The van der Waals surface area contributed by atoms with E-state index in [1.54, 1.807) is 18.3 Å². The van der Waals surface area contributed by atoms with Crippen LogP contribution >= 0.6 is 0 Å². The summed E-state index contributed by atoms with van der Waals surface area (Å²) in [4.78, 5) is 31.9. The SMILES string of the molecule is Cc1cccnc1NC(=O)c1ccc2c(c1)[nH]c(=O)n2C1CCCC1. The number of amides is 1. The van der Waals surface area contributed by atoms with Gasteiger partial charge in [-0.25, -0.2) is 9.78 Å². The summed E-state index contributed by atoms with van der Waals surface area (Å²) in [5, 5.41) is 2.82. The molecule has 6 nitrogen and oxygen atoms in total. The largest absolute Gasteiger partial charge is 0.326 e. The quantitative estimate of drug-likeness (QED) is 0.769. The predicted molar refractivity (Wildman–Crippen MR) is 97.0 cm³/mol. The molecule has 3 aromatic rings. The van der Waals surface area contributed by atoms with Crippen LogP contribution in [0, 0.1) is 6.92 Å². The second-order valence-corrected chi connectivity index (χ2v) is 6.59. The predicted octanol–water partition coefficient (Wildman–Crippen LogP) is 3.40. The van der Waals surface area contributed by atoms with Gasteiger partial charge >= 0.3 is 5.69 Å². The summed E-state index contributed by atoms with van der Waals surface area (Å²) >= 11 is 0. The summed E-state index contributed by atoms with van der Waals surface area (Å²) in [7, 11) is 0. The molecule has 0 spiro atoms. The first-order chi connectivity index (χ1) is 12.1. The maximum Gasteiger partial charge on any atom is 0.326 e. The van der Waals surface area contributed by atoms with Crippen molar-refractivity contribution in [1.82, 2.24) is 14.5 Å². The van der Waals surface area contributed by atoms with Gasteiger partial charge < -0.3 is 10.3 Å². The molecule has 1 fully saturated rings. The first-order valence-corrected chi connectivity index (χ1v) is 8.61. The summed E-state index contributed by atoms with van der Waals surface area (Å²) in [6.07, 6.45) is 6.04. The third kappa shape index (κ3) is 2.84. The minimum atomic E-state index is -0.238. The molecule has 0 atom stereocenters. The monoisotopic (exact) mass is 336 g/mol. The number of H-pyrrole nitrogens is 1. The molecule has 25 heavy (non-hydrogen) atoms. The zero-order valence-corrected chi connectivity index (χ0v) is 14.1. The lowest BCUT2D eigenvalue weighted by molar-refractivity contribution is 0.102. The van der Waals surface area contributed by atoms with E-state index in [9.17, 15) is 9.59 Å². The van der Waals surface area contributed by atoms with E-state index in [1.165, 1.54) is 0 Å². The van der Waals surface area contributed by atoms with Crippen LogP contribution in [0.1, 0.15) is 47.6 Å². The molecular formula is C19H20N4O2. The number of carbonyl (C=O) groups is 1. The van der Waals surface area contributed by atoms with Crippen molar-refractivity contribution in [3.8, 4) is 0 Å². The lowest BCUT2D eigenvalue weighted by atomic mass is 10.1. The Morgan fingerprint density at radius 3 is 2.84 bits per heavy atom. The Kier molecular flexibility index (Phi) is 3.87. The van der Waals surface area contributed by atoms with E-state index < -0.39 is 0 Å². The van der Waals surface area contributed by atoms with Gasteiger partial charge in [0.05, 0.1) is 11.0 Å². The number of rotatable bonds is 3. The van der Waals surface area contributed by atoms with Gasteiger partial charge in [0, 0.05) is 17.8 Å². The highest BCUT2D eigenvalue weighted by molar-refractivity contribution is 6.05. The molecule has 128 valence electrons. The normalized spacial score (nSPS) is 14.9. The Bertz CT molecular complexity index is 996. The molecule has 1 aromatic carbocycles. The van der Waals surface area contributed by atoms with Crippen molar-refractivity contribution in [2.45, 2.75) is 38.6 Å². The van der Waals surface area contributed by atoms with Gasteiger partial charge in [0.1, 0.15) is 5.82 Å². The van der Waals surface area contributed by atoms with Crippen LogP contribution < -0.4 is 11.0 Å². The number of aromatic nitrogens is 3. The molecule has 2 heterocycles. The van der Waals surface area contributed by atoms with Gasteiger partial charge in [-0.3, -0.25) is 9.36 Å². The average molecular weight is 336 g/mol. The van der Waals surface area contributed by atoms with E-state index in [1.807, 2.05) is 29.7 Å². The summed E-state index contributed by atoms with van der Waals surface area (Å²) in [6.45, 7) is 1.89. The topological polar surface area (TPSA) is 79.8 Å². The van der Waals surface area contributed by atoms with Gasteiger partial charge in [-0.15, -0.1) is 0 Å². The van der Waals surface area contributed by atoms with Crippen LogP contribution in [0.25, 0.3) is 11.0 Å². The molecule has 1 saturated carbocycles. The van der Waals surface area contributed by atoms with Crippen LogP contribution in [0.3, 0.4) is 0 Å². The molecule has 6 heteroatoms. The van der Waals surface area contributed by atoms with E-state index in [4.69, 9.17) is 0 Å². The molecule has 4 rings (SSSR count). The molecule has 1 aliphatic carbocycles. The first kappa shape index (κ1) is 15.6. The summed E-state index contributed by atoms with van der Waals surface area (Å²) in [5.74, 6) is 0.308. The number of carbonyl (C=O) groups excluding carboxylic acids is 1. The van der Waals surface area contributed by atoms with Gasteiger partial charge in [0.25, 0.3) is 5.91 Å². The van der Waals surface area contributed by atoms with E-state index in [0.29, 0.717) is 16.9 Å². The molecule has 0 saturated heterocycles. The standard InChI is InChI=1S/C19H20N4O2/c1-12-5-4-10-20-17(12)22-18(24)13-8-9-16-15(11-13)21-19(25)23(16)14-6-2-3-7-14/h4-5,8-11,14H,2-3,6-7H2,1H3,(H,21,25)(H,20,22,24). The van der Waals surface area contributed by atoms with Gasteiger partial charge in [-0.05, 0) is 49.6 Å². The summed E-state index contributed by atoms with van der Waals surface area (Å²) in [5.41, 5.74) is 2.86.